The lowest BCUT2D eigenvalue weighted by Crippen LogP contribution is -2.26. The summed E-state index contributed by atoms with van der Waals surface area (Å²) >= 11 is 6.02. The van der Waals surface area contributed by atoms with Gasteiger partial charge in [-0.15, -0.1) is 0 Å². The number of aromatic nitrogens is 2. The van der Waals surface area contributed by atoms with E-state index in [0.29, 0.717) is 17.3 Å². The highest BCUT2D eigenvalue weighted by molar-refractivity contribution is 6.31. The average Bonchev–Trinajstić information content (AvgIpc) is 2.53. The van der Waals surface area contributed by atoms with Crippen LogP contribution in [0.25, 0.3) is 0 Å². The molecule has 1 amide bonds. The van der Waals surface area contributed by atoms with Crippen LogP contribution in [0.15, 0.2) is 35.1 Å². The molecule has 7 heteroatoms. The Morgan fingerprint density at radius 1 is 1.29 bits per heavy atom. The van der Waals surface area contributed by atoms with Crippen LogP contribution in [0.5, 0.6) is 0 Å². The van der Waals surface area contributed by atoms with Crippen LogP contribution in [0.2, 0.25) is 5.02 Å². The van der Waals surface area contributed by atoms with Gasteiger partial charge in [-0.3, -0.25) is 9.59 Å². The van der Waals surface area contributed by atoms with Crippen LogP contribution in [0, 0.1) is 0 Å². The number of hydrogen-bond donors (Lipinski definition) is 1. The second kappa shape index (κ2) is 7.97. The van der Waals surface area contributed by atoms with Crippen LogP contribution < -0.4 is 15.8 Å². The van der Waals surface area contributed by atoms with Crippen molar-refractivity contribution in [3.8, 4) is 0 Å². The fraction of sp³-hybridized carbons (Fsp3) is 0.353. The SMILES string of the molecule is CCCCn1nc(C(=O)Nc2cc(Cl)ccc2N(C)C)ccc1=O. The lowest BCUT2D eigenvalue weighted by atomic mass is 10.2. The quantitative estimate of drug-likeness (QED) is 0.871. The maximum Gasteiger partial charge on any atom is 0.276 e. The predicted molar refractivity (Wildman–Crippen MR) is 97.1 cm³/mol. The molecule has 1 aromatic carbocycles. The van der Waals surface area contributed by atoms with Gasteiger partial charge in [-0.05, 0) is 30.7 Å². The van der Waals surface area contributed by atoms with E-state index in [-0.39, 0.29) is 17.2 Å². The lowest BCUT2D eigenvalue weighted by Gasteiger charge is -2.18. The lowest BCUT2D eigenvalue weighted by molar-refractivity contribution is 0.102. The summed E-state index contributed by atoms with van der Waals surface area (Å²) in [6.07, 6.45) is 1.77. The van der Waals surface area contributed by atoms with Crippen molar-refractivity contribution in [1.82, 2.24) is 9.78 Å². The highest BCUT2D eigenvalue weighted by atomic mass is 35.5. The molecule has 1 aromatic heterocycles. The molecule has 2 rings (SSSR count). The van der Waals surface area contributed by atoms with E-state index < -0.39 is 0 Å². The Morgan fingerprint density at radius 2 is 2.04 bits per heavy atom. The van der Waals surface area contributed by atoms with Crippen molar-refractivity contribution in [2.45, 2.75) is 26.3 Å². The molecule has 24 heavy (non-hydrogen) atoms. The second-order valence-electron chi connectivity index (χ2n) is 5.64. The molecule has 6 nitrogen and oxygen atoms in total. The summed E-state index contributed by atoms with van der Waals surface area (Å²) in [6.45, 7) is 2.53. The van der Waals surface area contributed by atoms with Crippen LogP contribution >= 0.6 is 11.6 Å². The monoisotopic (exact) mass is 348 g/mol. The molecule has 0 atom stereocenters. The van der Waals surface area contributed by atoms with Crippen molar-refractivity contribution in [1.29, 1.82) is 0 Å². The Bertz CT molecular complexity index is 786. The van der Waals surface area contributed by atoms with E-state index in [1.54, 1.807) is 12.1 Å². The molecule has 0 saturated carbocycles. The van der Waals surface area contributed by atoms with E-state index in [1.807, 2.05) is 32.0 Å². The van der Waals surface area contributed by atoms with Crippen LogP contribution in [0.3, 0.4) is 0 Å². The molecule has 0 aliphatic heterocycles. The van der Waals surface area contributed by atoms with Gasteiger partial charge in [-0.1, -0.05) is 24.9 Å². The van der Waals surface area contributed by atoms with Crippen molar-refractivity contribution in [2.24, 2.45) is 0 Å². The fourth-order valence-corrected chi connectivity index (χ4v) is 2.39. The van der Waals surface area contributed by atoms with E-state index in [2.05, 4.69) is 10.4 Å². The van der Waals surface area contributed by atoms with E-state index >= 15 is 0 Å². The molecule has 0 fully saturated rings. The smallest absolute Gasteiger partial charge is 0.276 e. The number of benzene rings is 1. The Labute approximate surface area is 146 Å². The molecule has 0 bridgehead atoms. The third-order valence-corrected chi connectivity index (χ3v) is 3.75. The maximum absolute atomic E-state index is 12.5. The molecular formula is C17H21ClN4O2. The van der Waals surface area contributed by atoms with Crippen LogP contribution in [0.1, 0.15) is 30.3 Å². The van der Waals surface area contributed by atoms with Crippen LogP contribution in [-0.2, 0) is 6.54 Å². The predicted octanol–water partition coefficient (Wildman–Crippen LogP) is 3.02. The van der Waals surface area contributed by atoms with E-state index in [9.17, 15) is 9.59 Å². The first-order valence-electron chi connectivity index (χ1n) is 7.78. The minimum Gasteiger partial charge on any atom is -0.376 e. The van der Waals surface area contributed by atoms with Crippen LogP contribution in [-0.4, -0.2) is 29.8 Å². The maximum atomic E-state index is 12.5. The Kier molecular flexibility index (Phi) is 5.98. The zero-order valence-corrected chi connectivity index (χ0v) is 14.8. The first-order valence-corrected chi connectivity index (χ1v) is 8.16. The van der Waals surface area contributed by atoms with Gasteiger partial charge < -0.3 is 10.2 Å². The Morgan fingerprint density at radius 3 is 2.71 bits per heavy atom. The normalized spacial score (nSPS) is 10.5. The number of carbonyl (C=O) groups is 1. The van der Waals surface area contributed by atoms with Gasteiger partial charge in [-0.25, -0.2) is 4.68 Å². The largest absolute Gasteiger partial charge is 0.376 e. The van der Waals surface area contributed by atoms with Crippen LogP contribution in [0.4, 0.5) is 11.4 Å². The molecule has 0 saturated heterocycles. The molecule has 0 unspecified atom stereocenters. The zero-order valence-electron chi connectivity index (χ0n) is 14.0. The van der Waals surface area contributed by atoms with E-state index in [0.717, 1.165) is 18.5 Å². The number of anilines is 2. The number of nitrogens with one attached hydrogen (secondary N) is 1. The molecule has 2 aromatic rings. The summed E-state index contributed by atoms with van der Waals surface area (Å²) in [5, 5.41) is 7.48. The van der Waals surface area contributed by atoms with Gasteiger partial charge in [0.15, 0.2) is 0 Å². The number of amides is 1. The molecule has 128 valence electrons. The van der Waals surface area contributed by atoms with Gasteiger partial charge in [0.05, 0.1) is 11.4 Å². The highest BCUT2D eigenvalue weighted by Crippen LogP contribution is 2.28. The Balaban J connectivity index is 2.27. The zero-order chi connectivity index (χ0) is 17.7. The van der Waals surface area contributed by atoms with Gasteiger partial charge in [0, 0.05) is 31.7 Å². The standard InChI is InChI=1S/C17H21ClN4O2/c1-4-5-10-22-16(23)9-7-13(20-22)17(24)19-14-11-12(18)6-8-15(14)21(2)3/h6-9,11H,4-5,10H2,1-3H3,(H,19,24). The first-order chi connectivity index (χ1) is 11.4. The number of rotatable bonds is 6. The van der Waals surface area contributed by atoms with Crippen molar-refractivity contribution >= 4 is 28.9 Å². The Hall–Kier alpha value is -2.34. The molecule has 0 spiro atoms. The third-order valence-electron chi connectivity index (χ3n) is 3.51. The summed E-state index contributed by atoms with van der Waals surface area (Å²) in [4.78, 5) is 26.2. The summed E-state index contributed by atoms with van der Waals surface area (Å²) in [5.74, 6) is -0.384. The molecule has 1 heterocycles. The van der Waals surface area contributed by atoms with E-state index in [1.165, 1.54) is 16.8 Å². The summed E-state index contributed by atoms with van der Waals surface area (Å²) in [7, 11) is 3.75. The summed E-state index contributed by atoms with van der Waals surface area (Å²) in [6, 6.07) is 8.06. The highest BCUT2D eigenvalue weighted by Gasteiger charge is 2.13. The fourth-order valence-electron chi connectivity index (χ4n) is 2.22. The molecule has 0 aliphatic carbocycles. The van der Waals surface area contributed by atoms with Crippen molar-refractivity contribution in [3.05, 3.63) is 51.4 Å². The number of aryl methyl sites for hydroxylation is 1. The van der Waals surface area contributed by atoms with E-state index in [4.69, 9.17) is 11.6 Å². The average molecular weight is 349 g/mol. The van der Waals surface area contributed by atoms with Crippen molar-refractivity contribution in [2.75, 3.05) is 24.3 Å². The minimum atomic E-state index is -0.384. The number of halogens is 1. The molecule has 1 N–H and O–H groups in total. The van der Waals surface area contributed by atoms with Gasteiger partial charge in [-0.2, -0.15) is 5.10 Å². The second-order valence-corrected chi connectivity index (χ2v) is 6.08. The number of hydrogen-bond acceptors (Lipinski definition) is 4. The summed E-state index contributed by atoms with van der Waals surface area (Å²) in [5.41, 5.74) is 1.39. The van der Waals surface area contributed by atoms with Crippen molar-refractivity contribution < 1.29 is 4.79 Å². The number of nitrogens with zero attached hydrogens (tertiary/aromatic N) is 3. The van der Waals surface area contributed by atoms with Gasteiger partial charge >= 0.3 is 0 Å². The van der Waals surface area contributed by atoms with Crippen molar-refractivity contribution in [3.63, 3.8) is 0 Å². The number of unbranched alkanes of at least 4 members (excludes halogenated alkanes) is 1. The topological polar surface area (TPSA) is 67.2 Å². The van der Waals surface area contributed by atoms with Gasteiger partial charge in [0.25, 0.3) is 11.5 Å². The first kappa shape index (κ1) is 18.0. The third kappa shape index (κ3) is 4.35. The van der Waals surface area contributed by atoms with Gasteiger partial charge in [0.2, 0.25) is 0 Å². The molecule has 0 aliphatic rings. The minimum absolute atomic E-state index is 0.190. The molecule has 0 radical (unpaired) electrons. The number of carbonyl (C=O) groups excluding carboxylic acids is 1. The summed E-state index contributed by atoms with van der Waals surface area (Å²) < 4.78 is 1.32. The molecular weight excluding hydrogens is 328 g/mol. The van der Waals surface area contributed by atoms with Gasteiger partial charge in [0.1, 0.15) is 5.69 Å².